The molecule has 1 unspecified atom stereocenters. The van der Waals surface area contributed by atoms with Crippen molar-refractivity contribution < 1.29 is 5.11 Å². The average molecular weight is 131 g/mol. The highest BCUT2D eigenvalue weighted by molar-refractivity contribution is 4.52. The summed E-state index contributed by atoms with van der Waals surface area (Å²) in [4.78, 5) is 0. The molecule has 0 fully saturated rings. The summed E-state index contributed by atoms with van der Waals surface area (Å²) >= 11 is 0. The Labute approximate surface area is 57.3 Å². The Hall–Kier alpha value is -0.0800. The number of hydrogen-bond donors (Lipinski definition) is 2. The van der Waals surface area contributed by atoms with Crippen molar-refractivity contribution in [3.05, 3.63) is 0 Å². The van der Waals surface area contributed by atoms with Gasteiger partial charge < -0.3 is 5.11 Å². The number of aliphatic hydroxyl groups is 1. The van der Waals surface area contributed by atoms with Gasteiger partial charge in [0.1, 0.15) is 6.23 Å². The molecule has 0 aliphatic heterocycles. The van der Waals surface area contributed by atoms with Crippen molar-refractivity contribution >= 4 is 0 Å². The van der Waals surface area contributed by atoms with Crippen LogP contribution in [0.5, 0.6) is 0 Å². The van der Waals surface area contributed by atoms with E-state index in [1.807, 2.05) is 6.92 Å². The molecule has 2 N–H and O–H groups in total. The minimum absolute atomic E-state index is 0.313. The van der Waals surface area contributed by atoms with Gasteiger partial charge in [0.05, 0.1) is 0 Å². The second-order valence-corrected chi connectivity index (χ2v) is 2.73. The maximum absolute atomic E-state index is 9.00. The first kappa shape index (κ1) is 8.92. The fourth-order valence-electron chi connectivity index (χ4n) is 0.516. The fraction of sp³-hybridized carbons (Fsp3) is 1.00. The second-order valence-electron chi connectivity index (χ2n) is 2.73. The molecule has 2 heteroatoms. The van der Waals surface area contributed by atoms with Crippen LogP contribution in [0.3, 0.4) is 0 Å². The first-order valence-electron chi connectivity index (χ1n) is 3.58. The third-order valence-corrected chi connectivity index (χ3v) is 1.15. The smallest absolute Gasteiger partial charge is 0.104 e. The lowest BCUT2D eigenvalue weighted by Crippen LogP contribution is -2.30. The minimum atomic E-state index is -0.313. The van der Waals surface area contributed by atoms with Crippen LogP contribution >= 0.6 is 0 Å². The van der Waals surface area contributed by atoms with Crippen molar-refractivity contribution in [1.29, 1.82) is 0 Å². The quantitative estimate of drug-likeness (QED) is 0.557. The first-order chi connectivity index (χ1) is 4.16. The molecule has 0 bridgehead atoms. The Balaban J connectivity index is 3.06. The van der Waals surface area contributed by atoms with E-state index in [-0.39, 0.29) is 6.23 Å². The Bertz CT molecular complexity index is 63.9. The van der Waals surface area contributed by atoms with E-state index >= 15 is 0 Å². The van der Waals surface area contributed by atoms with Gasteiger partial charge in [0.15, 0.2) is 0 Å². The van der Waals surface area contributed by atoms with Gasteiger partial charge in [-0.05, 0) is 18.9 Å². The lowest BCUT2D eigenvalue weighted by molar-refractivity contribution is 0.129. The molecule has 0 rings (SSSR count). The van der Waals surface area contributed by atoms with E-state index in [9.17, 15) is 0 Å². The van der Waals surface area contributed by atoms with Crippen LogP contribution in [0.1, 0.15) is 27.2 Å². The molecule has 0 aromatic heterocycles. The van der Waals surface area contributed by atoms with Gasteiger partial charge in [-0.2, -0.15) is 0 Å². The van der Waals surface area contributed by atoms with Gasteiger partial charge >= 0.3 is 0 Å². The van der Waals surface area contributed by atoms with E-state index in [2.05, 4.69) is 19.2 Å². The maximum Gasteiger partial charge on any atom is 0.104 e. The standard InChI is InChI=1S/C7H17NO/c1-4-7(9)8-5-6(2)3/h6-9H,4-5H2,1-3H3. The van der Waals surface area contributed by atoms with E-state index < -0.39 is 0 Å². The first-order valence-corrected chi connectivity index (χ1v) is 3.58. The lowest BCUT2D eigenvalue weighted by atomic mass is 10.2. The Morgan fingerprint density at radius 2 is 2.00 bits per heavy atom. The molecular formula is C7H17NO. The van der Waals surface area contributed by atoms with Crippen molar-refractivity contribution in [2.75, 3.05) is 6.54 Å². The highest BCUT2D eigenvalue weighted by atomic mass is 16.3. The van der Waals surface area contributed by atoms with Crippen LogP contribution in [0, 0.1) is 5.92 Å². The predicted octanol–water partition coefficient (Wildman–Crippen LogP) is 0.960. The minimum Gasteiger partial charge on any atom is -0.379 e. The third kappa shape index (κ3) is 5.80. The molecule has 0 aromatic rings. The predicted molar refractivity (Wildman–Crippen MR) is 39.1 cm³/mol. The van der Waals surface area contributed by atoms with Gasteiger partial charge in [0, 0.05) is 0 Å². The van der Waals surface area contributed by atoms with Crippen molar-refractivity contribution in [3.63, 3.8) is 0 Å². The molecule has 1 atom stereocenters. The van der Waals surface area contributed by atoms with Crippen LogP contribution in [0.4, 0.5) is 0 Å². The van der Waals surface area contributed by atoms with E-state index in [0.717, 1.165) is 13.0 Å². The second kappa shape index (κ2) is 4.77. The molecule has 2 nitrogen and oxygen atoms in total. The zero-order valence-corrected chi connectivity index (χ0v) is 6.52. The summed E-state index contributed by atoms with van der Waals surface area (Å²) in [6.45, 7) is 7.10. The Morgan fingerprint density at radius 3 is 2.33 bits per heavy atom. The van der Waals surface area contributed by atoms with Crippen LogP contribution in [0.15, 0.2) is 0 Å². The van der Waals surface area contributed by atoms with Gasteiger partial charge in [-0.3, -0.25) is 5.32 Å². The highest BCUT2D eigenvalue weighted by Crippen LogP contribution is 1.90. The number of aliphatic hydroxyl groups excluding tert-OH is 1. The van der Waals surface area contributed by atoms with Gasteiger partial charge in [0.2, 0.25) is 0 Å². The number of hydrogen-bond acceptors (Lipinski definition) is 2. The van der Waals surface area contributed by atoms with Crippen LogP contribution in [-0.4, -0.2) is 17.9 Å². The van der Waals surface area contributed by atoms with Crippen LogP contribution in [-0.2, 0) is 0 Å². The van der Waals surface area contributed by atoms with Crippen molar-refractivity contribution in [1.82, 2.24) is 5.32 Å². The van der Waals surface area contributed by atoms with Crippen LogP contribution < -0.4 is 5.32 Å². The molecule has 0 aliphatic carbocycles. The average Bonchev–Trinajstić information content (AvgIpc) is 1.83. The summed E-state index contributed by atoms with van der Waals surface area (Å²) in [6.07, 6.45) is 0.472. The number of nitrogens with one attached hydrogen (secondary N) is 1. The summed E-state index contributed by atoms with van der Waals surface area (Å²) in [5.41, 5.74) is 0. The number of rotatable bonds is 4. The maximum atomic E-state index is 9.00. The monoisotopic (exact) mass is 131 g/mol. The van der Waals surface area contributed by atoms with E-state index in [4.69, 9.17) is 5.11 Å². The van der Waals surface area contributed by atoms with Crippen molar-refractivity contribution in [2.45, 2.75) is 33.4 Å². The third-order valence-electron chi connectivity index (χ3n) is 1.15. The molecule has 0 saturated heterocycles. The Kier molecular flexibility index (Phi) is 4.72. The van der Waals surface area contributed by atoms with Crippen LogP contribution in [0.2, 0.25) is 0 Å². The molecule has 0 radical (unpaired) electrons. The largest absolute Gasteiger partial charge is 0.379 e. The summed E-state index contributed by atoms with van der Waals surface area (Å²) in [6, 6.07) is 0. The van der Waals surface area contributed by atoms with E-state index in [1.54, 1.807) is 0 Å². The van der Waals surface area contributed by atoms with E-state index in [1.165, 1.54) is 0 Å². The van der Waals surface area contributed by atoms with E-state index in [0.29, 0.717) is 5.92 Å². The van der Waals surface area contributed by atoms with Gasteiger partial charge in [-0.25, -0.2) is 0 Å². The summed E-state index contributed by atoms with van der Waals surface area (Å²) in [5.74, 6) is 0.617. The van der Waals surface area contributed by atoms with Gasteiger partial charge in [-0.1, -0.05) is 20.8 Å². The SMILES string of the molecule is CCC(O)NCC(C)C. The summed E-state index contributed by atoms with van der Waals surface area (Å²) in [7, 11) is 0. The fourth-order valence-corrected chi connectivity index (χ4v) is 0.516. The molecule has 56 valence electrons. The molecule has 0 spiro atoms. The zero-order valence-electron chi connectivity index (χ0n) is 6.52. The normalized spacial score (nSPS) is 14.3. The van der Waals surface area contributed by atoms with Crippen molar-refractivity contribution in [2.24, 2.45) is 5.92 Å². The lowest BCUT2D eigenvalue weighted by Gasteiger charge is -2.11. The van der Waals surface area contributed by atoms with Crippen molar-refractivity contribution in [3.8, 4) is 0 Å². The Morgan fingerprint density at radius 1 is 1.44 bits per heavy atom. The molecule has 0 aromatic carbocycles. The molecule has 0 saturated carbocycles. The highest BCUT2D eigenvalue weighted by Gasteiger charge is 1.98. The van der Waals surface area contributed by atoms with Gasteiger partial charge in [0.25, 0.3) is 0 Å². The molecule has 9 heavy (non-hydrogen) atoms. The van der Waals surface area contributed by atoms with Crippen LogP contribution in [0.25, 0.3) is 0 Å². The van der Waals surface area contributed by atoms with Gasteiger partial charge in [-0.15, -0.1) is 0 Å². The molecule has 0 amide bonds. The zero-order chi connectivity index (χ0) is 7.28. The molecule has 0 heterocycles. The topological polar surface area (TPSA) is 32.3 Å². The summed E-state index contributed by atoms with van der Waals surface area (Å²) < 4.78 is 0. The molecule has 0 aliphatic rings. The molecular weight excluding hydrogens is 114 g/mol. The summed E-state index contributed by atoms with van der Waals surface area (Å²) in [5, 5.41) is 12.0.